The summed E-state index contributed by atoms with van der Waals surface area (Å²) in [6, 6.07) is 1.06. The number of nitrogens with one attached hydrogen (secondary N) is 1. The van der Waals surface area contributed by atoms with E-state index in [-0.39, 0.29) is 22.5 Å². The third-order valence-electron chi connectivity index (χ3n) is 4.12. The van der Waals surface area contributed by atoms with Crippen molar-refractivity contribution in [2.24, 2.45) is 7.05 Å². The number of aryl methyl sites for hydroxylation is 1. The molecule has 0 bridgehead atoms. The van der Waals surface area contributed by atoms with Crippen molar-refractivity contribution in [3.05, 3.63) is 40.3 Å². The summed E-state index contributed by atoms with van der Waals surface area (Å²) in [4.78, 5) is 16.2. The Morgan fingerprint density at radius 3 is 2.92 bits per heavy atom. The molecule has 0 aromatic carbocycles. The molecule has 1 atom stereocenters. The first-order chi connectivity index (χ1) is 12.2. The van der Waals surface area contributed by atoms with Crippen LogP contribution < -0.4 is 10.1 Å². The summed E-state index contributed by atoms with van der Waals surface area (Å²) >= 11 is 5.88. The average molecular weight is 389 g/mol. The molecule has 1 aliphatic rings. The van der Waals surface area contributed by atoms with Crippen LogP contribution in [0, 0.1) is 0 Å². The van der Waals surface area contributed by atoms with Crippen LogP contribution >= 0.6 is 11.6 Å². The first kappa shape index (κ1) is 18.5. The third kappa shape index (κ3) is 4.09. The average Bonchev–Trinajstić information content (AvgIpc) is 2.95. The number of fused-ring (bicyclic) bond motifs is 1. The maximum absolute atomic E-state index is 12.5. The van der Waals surface area contributed by atoms with Crippen molar-refractivity contribution in [1.82, 2.24) is 20.1 Å². The van der Waals surface area contributed by atoms with Gasteiger partial charge in [0.2, 0.25) is 5.88 Å². The van der Waals surface area contributed by atoms with E-state index in [2.05, 4.69) is 20.1 Å². The standard InChI is InChI=1S/C16H16ClF3N4O2/c1-24-13-4-2-3-12(10(13)7-22-24)23-14(25)9-5-11(17)15(21-6-9)26-8-16(18,19)20/h5-7,12H,2-4,8H2,1H3,(H,23,25)/t12-/m0/s1. The lowest BCUT2D eigenvalue weighted by molar-refractivity contribution is -0.154. The van der Waals surface area contributed by atoms with Gasteiger partial charge < -0.3 is 10.1 Å². The molecule has 1 N–H and O–H groups in total. The van der Waals surface area contributed by atoms with Crippen molar-refractivity contribution in [2.45, 2.75) is 31.5 Å². The van der Waals surface area contributed by atoms with Gasteiger partial charge in [-0.05, 0) is 25.3 Å². The second-order valence-electron chi connectivity index (χ2n) is 6.00. The van der Waals surface area contributed by atoms with E-state index in [0.717, 1.165) is 36.7 Å². The minimum absolute atomic E-state index is 0.144. The Kier molecular flexibility index (Phi) is 5.08. The summed E-state index contributed by atoms with van der Waals surface area (Å²) in [5, 5.41) is 6.95. The number of carbonyl (C=O) groups excluding carboxylic acids is 1. The van der Waals surface area contributed by atoms with Gasteiger partial charge in [-0.15, -0.1) is 0 Å². The van der Waals surface area contributed by atoms with Gasteiger partial charge in [0.15, 0.2) is 6.61 Å². The lowest BCUT2D eigenvalue weighted by atomic mass is 9.93. The predicted molar refractivity (Wildman–Crippen MR) is 87.2 cm³/mol. The van der Waals surface area contributed by atoms with Crippen LogP contribution in [0.25, 0.3) is 0 Å². The van der Waals surface area contributed by atoms with Crippen LogP contribution in [0.3, 0.4) is 0 Å². The summed E-state index contributed by atoms with van der Waals surface area (Å²) < 4.78 is 42.9. The summed E-state index contributed by atoms with van der Waals surface area (Å²) in [5.41, 5.74) is 2.19. The molecular weight excluding hydrogens is 373 g/mol. The quantitative estimate of drug-likeness (QED) is 0.873. The minimum Gasteiger partial charge on any atom is -0.467 e. The zero-order chi connectivity index (χ0) is 18.9. The highest BCUT2D eigenvalue weighted by Gasteiger charge is 2.29. The van der Waals surface area contributed by atoms with Crippen LogP contribution in [-0.2, 0) is 13.5 Å². The van der Waals surface area contributed by atoms with Gasteiger partial charge in [0.05, 0.1) is 17.8 Å². The van der Waals surface area contributed by atoms with E-state index >= 15 is 0 Å². The number of hydrogen-bond acceptors (Lipinski definition) is 4. The van der Waals surface area contributed by atoms with E-state index in [4.69, 9.17) is 11.6 Å². The second kappa shape index (κ2) is 7.14. The molecule has 2 aromatic rings. The Balaban J connectivity index is 1.70. The van der Waals surface area contributed by atoms with Crippen molar-refractivity contribution in [3.63, 3.8) is 0 Å². The van der Waals surface area contributed by atoms with Crippen molar-refractivity contribution >= 4 is 17.5 Å². The molecular formula is C16H16ClF3N4O2. The summed E-state index contributed by atoms with van der Waals surface area (Å²) in [7, 11) is 1.85. The monoisotopic (exact) mass is 388 g/mol. The molecule has 0 saturated carbocycles. The highest BCUT2D eigenvalue weighted by atomic mass is 35.5. The fraction of sp³-hybridized carbons (Fsp3) is 0.438. The van der Waals surface area contributed by atoms with Gasteiger partial charge in [-0.2, -0.15) is 18.3 Å². The number of carbonyl (C=O) groups is 1. The molecule has 0 aliphatic heterocycles. The molecule has 1 aliphatic carbocycles. The smallest absolute Gasteiger partial charge is 0.422 e. The highest BCUT2D eigenvalue weighted by Crippen LogP contribution is 2.30. The molecule has 6 nitrogen and oxygen atoms in total. The molecule has 2 aromatic heterocycles. The largest absolute Gasteiger partial charge is 0.467 e. The number of amides is 1. The Bertz CT molecular complexity index is 822. The minimum atomic E-state index is -4.50. The number of nitrogens with zero attached hydrogens (tertiary/aromatic N) is 3. The van der Waals surface area contributed by atoms with E-state index in [1.54, 1.807) is 10.9 Å². The number of rotatable bonds is 4. The van der Waals surface area contributed by atoms with Crippen molar-refractivity contribution in [1.29, 1.82) is 0 Å². The molecule has 2 heterocycles. The molecule has 0 radical (unpaired) electrons. The molecule has 0 unspecified atom stereocenters. The molecule has 0 fully saturated rings. The van der Waals surface area contributed by atoms with Crippen LogP contribution in [0.2, 0.25) is 5.02 Å². The fourth-order valence-electron chi connectivity index (χ4n) is 2.90. The van der Waals surface area contributed by atoms with Gasteiger partial charge in [0.25, 0.3) is 5.91 Å². The fourth-order valence-corrected chi connectivity index (χ4v) is 3.12. The van der Waals surface area contributed by atoms with E-state index < -0.39 is 18.7 Å². The molecule has 3 rings (SSSR count). The van der Waals surface area contributed by atoms with Crippen molar-refractivity contribution in [2.75, 3.05) is 6.61 Å². The normalized spacial score (nSPS) is 16.9. The van der Waals surface area contributed by atoms with Crippen molar-refractivity contribution in [3.8, 4) is 5.88 Å². The number of pyridine rings is 1. The predicted octanol–water partition coefficient (Wildman–Crippen LogP) is 3.22. The molecule has 1 amide bonds. The summed E-state index contributed by atoms with van der Waals surface area (Å²) in [6.07, 6.45) is 0.970. The molecule has 0 saturated heterocycles. The Labute approximate surface area is 152 Å². The summed E-state index contributed by atoms with van der Waals surface area (Å²) in [6.45, 7) is -1.50. The van der Waals surface area contributed by atoms with E-state index in [1.165, 1.54) is 6.07 Å². The van der Waals surface area contributed by atoms with Crippen LogP contribution in [0.1, 0.15) is 40.5 Å². The number of hydrogen-bond donors (Lipinski definition) is 1. The van der Waals surface area contributed by atoms with Gasteiger partial charge >= 0.3 is 6.18 Å². The number of aromatic nitrogens is 3. The number of ether oxygens (including phenoxy) is 1. The Morgan fingerprint density at radius 2 is 2.23 bits per heavy atom. The molecule has 0 spiro atoms. The maximum Gasteiger partial charge on any atom is 0.422 e. The highest BCUT2D eigenvalue weighted by molar-refractivity contribution is 6.32. The van der Waals surface area contributed by atoms with E-state index in [0.29, 0.717) is 0 Å². The molecule has 10 heteroatoms. The van der Waals surface area contributed by atoms with Gasteiger partial charge in [-0.1, -0.05) is 11.6 Å². The number of halogens is 4. The van der Waals surface area contributed by atoms with Gasteiger partial charge in [0.1, 0.15) is 5.02 Å². The van der Waals surface area contributed by atoms with Crippen LogP contribution in [0.4, 0.5) is 13.2 Å². The molecule has 140 valence electrons. The van der Waals surface area contributed by atoms with Crippen molar-refractivity contribution < 1.29 is 22.7 Å². The number of alkyl halides is 3. The van der Waals surface area contributed by atoms with E-state index in [9.17, 15) is 18.0 Å². The second-order valence-corrected chi connectivity index (χ2v) is 6.41. The van der Waals surface area contributed by atoms with Crippen LogP contribution in [-0.4, -0.2) is 33.5 Å². The Hall–Kier alpha value is -2.29. The Morgan fingerprint density at radius 1 is 1.46 bits per heavy atom. The first-order valence-electron chi connectivity index (χ1n) is 7.91. The third-order valence-corrected chi connectivity index (χ3v) is 4.39. The summed E-state index contributed by atoms with van der Waals surface area (Å²) in [5.74, 6) is -0.781. The molecule has 26 heavy (non-hydrogen) atoms. The van der Waals surface area contributed by atoms with Gasteiger partial charge in [-0.25, -0.2) is 4.98 Å². The van der Waals surface area contributed by atoms with Crippen LogP contribution in [0.5, 0.6) is 5.88 Å². The first-order valence-corrected chi connectivity index (χ1v) is 8.29. The maximum atomic E-state index is 12.5. The van der Waals surface area contributed by atoms with Gasteiger partial charge in [-0.3, -0.25) is 9.48 Å². The lowest BCUT2D eigenvalue weighted by Crippen LogP contribution is -2.31. The van der Waals surface area contributed by atoms with E-state index in [1.807, 2.05) is 7.05 Å². The SMILES string of the molecule is Cn1ncc2c1CCC[C@@H]2NC(=O)c1cnc(OCC(F)(F)F)c(Cl)c1. The lowest BCUT2D eigenvalue weighted by Gasteiger charge is -2.23. The zero-order valence-corrected chi connectivity index (χ0v) is 14.6. The van der Waals surface area contributed by atoms with Crippen LogP contribution in [0.15, 0.2) is 18.5 Å². The van der Waals surface area contributed by atoms with Gasteiger partial charge in [0, 0.05) is 24.5 Å². The topological polar surface area (TPSA) is 69.0 Å². The zero-order valence-electron chi connectivity index (χ0n) is 13.8.